The molecule has 1 amide bonds. The molecule has 0 saturated heterocycles. The summed E-state index contributed by atoms with van der Waals surface area (Å²) < 4.78 is 18.5. The lowest BCUT2D eigenvalue weighted by molar-refractivity contribution is -0.120. The fraction of sp³-hybridized carbons (Fsp3) is 0.133. The SMILES string of the molecule is CN(C(=O)COc1ccc(Cl)c(F)c1)c1ccc(N)cc1. The maximum atomic E-state index is 13.2. The van der Waals surface area contributed by atoms with Crippen molar-refractivity contribution in [2.45, 2.75) is 0 Å². The van der Waals surface area contributed by atoms with E-state index in [2.05, 4.69) is 0 Å². The Bertz CT molecular complexity index is 647. The van der Waals surface area contributed by atoms with Crippen LogP contribution in [-0.4, -0.2) is 19.6 Å². The summed E-state index contributed by atoms with van der Waals surface area (Å²) in [5, 5.41) is 0.00710. The molecule has 0 heterocycles. The van der Waals surface area contributed by atoms with Crippen molar-refractivity contribution in [1.29, 1.82) is 0 Å². The van der Waals surface area contributed by atoms with Gasteiger partial charge in [-0.05, 0) is 36.4 Å². The molecule has 2 N–H and O–H groups in total. The number of hydrogen-bond donors (Lipinski definition) is 1. The van der Waals surface area contributed by atoms with E-state index in [0.29, 0.717) is 11.4 Å². The first-order valence-corrected chi connectivity index (χ1v) is 6.55. The van der Waals surface area contributed by atoms with Crippen LogP contribution in [0.5, 0.6) is 5.75 Å². The molecule has 0 fully saturated rings. The summed E-state index contributed by atoms with van der Waals surface area (Å²) in [5.41, 5.74) is 6.90. The number of likely N-dealkylation sites (N-methyl/N-ethyl adjacent to an activating group) is 1. The second-order valence-electron chi connectivity index (χ2n) is 4.41. The molecule has 0 spiro atoms. The van der Waals surface area contributed by atoms with Crippen molar-refractivity contribution in [3.63, 3.8) is 0 Å². The third-order valence-electron chi connectivity index (χ3n) is 2.91. The van der Waals surface area contributed by atoms with Crippen molar-refractivity contribution < 1.29 is 13.9 Å². The molecule has 0 saturated carbocycles. The van der Waals surface area contributed by atoms with Crippen molar-refractivity contribution in [2.24, 2.45) is 0 Å². The van der Waals surface area contributed by atoms with Gasteiger partial charge in [-0.15, -0.1) is 0 Å². The smallest absolute Gasteiger partial charge is 0.264 e. The summed E-state index contributed by atoms with van der Waals surface area (Å²) in [6, 6.07) is 10.9. The average Bonchev–Trinajstić information content (AvgIpc) is 2.48. The lowest BCUT2D eigenvalue weighted by atomic mass is 10.2. The van der Waals surface area contributed by atoms with E-state index in [-0.39, 0.29) is 23.3 Å². The quantitative estimate of drug-likeness (QED) is 0.883. The molecule has 0 atom stereocenters. The maximum Gasteiger partial charge on any atom is 0.264 e. The van der Waals surface area contributed by atoms with Gasteiger partial charge in [0.1, 0.15) is 11.6 Å². The summed E-state index contributed by atoms with van der Waals surface area (Å²) in [4.78, 5) is 13.4. The number of anilines is 2. The van der Waals surface area contributed by atoms with Crippen molar-refractivity contribution >= 4 is 28.9 Å². The van der Waals surface area contributed by atoms with Gasteiger partial charge in [-0.25, -0.2) is 4.39 Å². The number of hydrogen-bond acceptors (Lipinski definition) is 3. The number of benzene rings is 2. The molecule has 0 aliphatic heterocycles. The summed E-state index contributed by atoms with van der Waals surface area (Å²) in [7, 11) is 1.62. The van der Waals surface area contributed by atoms with E-state index in [1.165, 1.54) is 17.0 Å². The van der Waals surface area contributed by atoms with Gasteiger partial charge in [0.25, 0.3) is 5.91 Å². The number of rotatable bonds is 4. The lowest BCUT2D eigenvalue weighted by Gasteiger charge is -2.17. The highest BCUT2D eigenvalue weighted by Crippen LogP contribution is 2.20. The van der Waals surface area contributed by atoms with Crippen LogP contribution in [0.3, 0.4) is 0 Å². The van der Waals surface area contributed by atoms with Crippen LogP contribution in [0.25, 0.3) is 0 Å². The normalized spacial score (nSPS) is 10.2. The third kappa shape index (κ3) is 3.86. The second-order valence-corrected chi connectivity index (χ2v) is 4.82. The molecule has 0 radical (unpaired) electrons. The number of nitrogens with two attached hydrogens (primary N) is 1. The zero-order valence-electron chi connectivity index (χ0n) is 11.3. The first-order valence-electron chi connectivity index (χ1n) is 6.17. The van der Waals surface area contributed by atoms with E-state index < -0.39 is 5.82 Å². The zero-order chi connectivity index (χ0) is 15.4. The van der Waals surface area contributed by atoms with E-state index in [0.717, 1.165) is 6.07 Å². The Kier molecular flexibility index (Phi) is 4.65. The highest BCUT2D eigenvalue weighted by atomic mass is 35.5. The van der Waals surface area contributed by atoms with Crippen LogP contribution >= 0.6 is 11.6 Å². The van der Waals surface area contributed by atoms with Crippen LogP contribution in [0.4, 0.5) is 15.8 Å². The lowest BCUT2D eigenvalue weighted by Crippen LogP contribution is -2.31. The van der Waals surface area contributed by atoms with E-state index in [1.54, 1.807) is 31.3 Å². The first kappa shape index (κ1) is 15.1. The Morgan fingerprint density at radius 1 is 1.29 bits per heavy atom. The van der Waals surface area contributed by atoms with Crippen LogP contribution in [0.1, 0.15) is 0 Å². The highest BCUT2D eigenvalue weighted by Gasteiger charge is 2.12. The van der Waals surface area contributed by atoms with E-state index >= 15 is 0 Å². The van der Waals surface area contributed by atoms with Gasteiger partial charge in [-0.3, -0.25) is 4.79 Å². The van der Waals surface area contributed by atoms with E-state index in [9.17, 15) is 9.18 Å². The molecular formula is C15H14ClFN2O2. The van der Waals surface area contributed by atoms with Crippen LogP contribution in [-0.2, 0) is 4.79 Å². The second kappa shape index (κ2) is 6.45. The molecule has 0 aliphatic carbocycles. The minimum atomic E-state index is -0.589. The predicted molar refractivity (Wildman–Crippen MR) is 81.2 cm³/mol. The molecule has 0 unspecified atom stereocenters. The predicted octanol–water partition coefficient (Wildman–Crippen LogP) is 3.10. The summed E-state index contributed by atoms with van der Waals surface area (Å²) in [5.74, 6) is -0.611. The monoisotopic (exact) mass is 308 g/mol. The topological polar surface area (TPSA) is 55.6 Å². The minimum Gasteiger partial charge on any atom is -0.484 e. The van der Waals surface area contributed by atoms with Crippen LogP contribution in [0.2, 0.25) is 5.02 Å². The van der Waals surface area contributed by atoms with Crippen LogP contribution in [0, 0.1) is 5.82 Å². The Morgan fingerprint density at radius 2 is 1.95 bits per heavy atom. The Morgan fingerprint density at radius 3 is 2.57 bits per heavy atom. The van der Waals surface area contributed by atoms with Gasteiger partial charge >= 0.3 is 0 Å². The molecule has 110 valence electrons. The summed E-state index contributed by atoms with van der Waals surface area (Å²) in [6.45, 7) is -0.206. The molecule has 0 aliphatic rings. The van der Waals surface area contributed by atoms with Crippen molar-refractivity contribution in [3.05, 3.63) is 53.3 Å². The number of carbonyl (C=O) groups excluding carboxylic acids is 1. The van der Waals surface area contributed by atoms with E-state index in [1.807, 2.05) is 0 Å². The van der Waals surface area contributed by atoms with E-state index in [4.69, 9.17) is 22.1 Å². The summed E-state index contributed by atoms with van der Waals surface area (Å²) in [6.07, 6.45) is 0. The fourth-order valence-electron chi connectivity index (χ4n) is 1.65. The molecule has 2 aromatic carbocycles. The number of halogens is 2. The summed E-state index contributed by atoms with van der Waals surface area (Å²) >= 11 is 5.57. The van der Waals surface area contributed by atoms with Gasteiger partial charge in [-0.2, -0.15) is 0 Å². The van der Waals surface area contributed by atoms with Crippen LogP contribution < -0.4 is 15.4 Å². The third-order valence-corrected chi connectivity index (χ3v) is 3.21. The molecule has 6 heteroatoms. The largest absolute Gasteiger partial charge is 0.484 e. The molecule has 21 heavy (non-hydrogen) atoms. The van der Waals surface area contributed by atoms with Crippen molar-refractivity contribution in [1.82, 2.24) is 0 Å². The van der Waals surface area contributed by atoms with Gasteiger partial charge in [0, 0.05) is 24.5 Å². The fourth-order valence-corrected chi connectivity index (χ4v) is 1.77. The molecule has 4 nitrogen and oxygen atoms in total. The molecule has 2 aromatic rings. The number of nitrogen functional groups attached to an aromatic ring is 1. The molecule has 0 aromatic heterocycles. The Balaban J connectivity index is 1.97. The van der Waals surface area contributed by atoms with Gasteiger partial charge < -0.3 is 15.4 Å². The molecule has 2 rings (SSSR count). The van der Waals surface area contributed by atoms with Gasteiger partial charge in [0.2, 0.25) is 0 Å². The van der Waals surface area contributed by atoms with Crippen molar-refractivity contribution in [3.8, 4) is 5.75 Å². The number of amides is 1. The van der Waals surface area contributed by atoms with Crippen LogP contribution in [0.15, 0.2) is 42.5 Å². The number of nitrogens with zero attached hydrogens (tertiary/aromatic N) is 1. The molecule has 0 bridgehead atoms. The van der Waals surface area contributed by atoms with Gasteiger partial charge in [-0.1, -0.05) is 11.6 Å². The standard InChI is InChI=1S/C15H14ClFN2O2/c1-19(11-4-2-10(18)3-5-11)15(20)9-21-12-6-7-13(16)14(17)8-12/h2-8H,9,18H2,1H3. The Labute approximate surface area is 126 Å². The highest BCUT2D eigenvalue weighted by molar-refractivity contribution is 6.30. The zero-order valence-corrected chi connectivity index (χ0v) is 12.1. The van der Waals surface area contributed by atoms with Gasteiger partial charge in [0.05, 0.1) is 5.02 Å². The maximum absolute atomic E-state index is 13.2. The number of carbonyl (C=O) groups is 1. The molecular weight excluding hydrogens is 295 g/mol. The Hall–Kier alpha value is -2.27. The van der Waals surface area contributed by atoms with Gasteiger partial charge in [0.15, 0.2) is 6.61 Å². The van der Waals surface area contributed by atoms with Crippen molar-refractivity contribution in [2.75, 3.05) is 24.3 Å². The number of ether oxygens (including phenoxy) is 1. The first-order chi connectivity index (χ1) is 9.97. The minimum absolute atomic E-state index is 0.00710. The average molecular weight is 309 g/mol.